The Bertz CT molecular complexity index is 923. The zero-order chi connectivity index (χ0) is 21.6. The lowest BCUT2D eigenvalue weighted by Crippen LogP contribution is -2.43. The summed E-state index contributed by atoms with van der Waals surface area (Å²) >= 11 is 0. The number of nitrogens with zero attached hydrogens (tertiary/aromatic N) is 3. The van der Waals surface area contributed by atoms with Gasteiger partial charge in [0.1, 0.15) is 11.5 Å². The van der Waals surface area contributed by atoms with E-state index in [2.05, 4.69) is 4.90 Å². The molecule has 2 heterocycles. The maximum Gasteiger partial charge on any atom is 0.257 e. The molecule has 7 nitrogen and oxygen atoms in total. The third kappa shape index (κ3) is 5.06. The second-order valence-electron chi connectivity index (χ2n) is 7.63. The molecule has 0 spiro atoms. The number of rotatable bonds is 7. The summed E-state index contributed by atoms with van der Waals surface area (Å²) in [5, 5.41) is 6.42. The van der Waals surface area contributed by atoms with Crippen LogP contribution in [0.15, 0.2) is 53.6 Å². The molecule has 0 bridgehead atoms. The van der Waals surface area contributed by atoms with Gasteiger partial charge < -0.3 is 14.2 Å². The van der Waals surface area contributed by atoms with E-state index in [4.69, 9.17) is 19.3 Å². The highest BCUT2D eigenvalue weighted by Crippen LogP contribution is 2.34. The van der Waals surface area contributed by atoms with E-state index in [9.17, 15) is 4.79 Å². The van der Waals surface area contributed by atoms with E-state index >= 15 is 0 Å². The van der Waals surface area contributed by atoms with Gasteiger partial charge in [-0.25, -0.2) is 5.01 Å². The second kappa shape index (κ2) is 9.94. The van der Waals surface area contributed by atoms with Crippen molar-refractivity contribution in [1.82, 2.24) is 9.91 Å². The van der Waals surface area contributed by atoms with Gasteiger partial charge in [0.2, 0.25) is 0 Å². The molecule has 0 N–H and O–H groups in total. The fourth-order valence-electron chi connectivity index (χ4n) is 3.95. The van der Waals surface area contributed by atoms with Crippen LogP contribution in [0.5, 0.6) is 11.5 Å². The highest BCUT2D eigenvalue weighted by atomic mass is 16.5. The number of hydrogen-bond donors (Lipinski definition) is 0. The van der Waals surface area contributed by atoms with Crippen molar-refractivity contribution in [3.05, 3.63) is 59.7 Å². The molecule has 2 aliphatic heterocycles. The standard InChI is InChI=1S/C24H29N3O4/c1-3-31-20-9-7-18(8-10-20)23-16-22(19-5-4-6-21(15-19)29-2)25-27(23)24(28)17-26-11-13-30-14-12-26/h4-10,15,23H,3,11-14,16-17H2,1-2H3. The molecule has 2 aromatic rings. The quantitative estimate of drug-likeness (QED) is 0.685. The highest BCUT2D eigenvalue weighted by Gasteiger charge is 2.34. The van der Waals surface area contributed by atoms with Crippen molar-refractivity contribution in [1.29, 1.82) is 0 Å². The van der Waals surface area contributed by atoms with Crippen molar-refractivity contribution in [2.75, 3.05) is 46.6 Å². The summed E-state index contributed by atoms with van der Waals surface area (Å²) in [5.74, 6) is 1.60. The van der Waals surface area contributed by atoms with Crippen LogP contribution in [0.1, 0.15) is 30.5 Å². The lowest BCUT2D eigenvalue weighted by Gasteiger charge is -2.29. The molecule has 1 unspecified atom stereocenters. The number of ether oxygens (including phenoxy) is 3. The number of morpholine rings is 1. The normalized spacial score (nSPS) is 19.2. The highest BCUT2D eigenvalue weighted by molar-refractivity contribution is 6.03. The van der Waals surface area contributed by atoms with Gasteiger partial charge in [-0.2, -0.15) is 5.10 Å². The summed E-state index contributed by atoms with van der Waals surface area (Å²) in [6, 6.07) is 15.6. The lowest BCUT2D eigenvalue weighted by atomic mass is 9.98. The minimum Gasteiger partial charge on any atom is -0.497 e. The van der Waals surface area contributed by atoms with Crippen molar-refractivity contribution >= 4 is 11.6 Å². The van der Waals surface area contributed by atoms with Gasteiger partial charge in [0.05, 0.1) is 45.2 Å². The minimum absolute atomic E-state index is 0.00122. The number of benzene rings is 2. The van der Waals surface area contributed by atoms with Crippen LogP contribution in [-0.4, -0.2) is 68.1 Å². The van der Waals surface area contributed by atoms with Gasteiger partial charge in [0, 0.05) is 25.1 Å². The Labute approximate surface area is 183 Å². The Kier molecular flexibility index (Phi) is 6.84. The molecule has 1 atom stereocenters. The van der Waals surface area contributed by atoms with Crippen molar-refractivity contribution < 1.29 is 19.0 Å². The van der Waals surface area contributed by atoms with E-state index in [-0.39, 0.29) is 11.9 Å². The maximum absolute atomic E-state index is 13.3. The fourth-order valence-corrected chi connectivity index (χ4v) is 3.95. The third-order valence-corrected chi connectivity index (χ3v) is 5.61. The zero-order valence-electron chi connectivity index (χ0n) is 18.1. The first-order valence-corrected chi connectivity index (χ1v) is 10.7. The summed E-state index contributed by atoms with van der Waals surface area (Å²) in [6.45, 7) is 5.77. The van der Waals surface area contributed by atoms with Gasteiger partial charge in [-0.3, -0.25) is 9.69 Å². The van der Waals surface area contributed by atoms with Gasteiger partial charge in [-0.05, 0) is 36.8 Å². The minimum atomic E-state index is -0.148. The summed E-state index contributed by atoms with van der Waals surface area (Å²) in [4.78, 5) is 15.4. The van der Waals surface area contributed by atoms with Crippen LogP contribution in [0, 0.1) is 0 Å². The molecular formula is C24H29N3O4. The van der Waals surface area contributed by atoms with Crippen molar-refractivity contribution in [3.63, 3.8) is 0 Å². The van der Waals surface area contributed by atoms with Gasteiger partial charge in [-0.15, -0.1) is 0 Å². The van der Waals surface area contributed by atoms with Gasteiger partial charge in [0.15, 0.2) is 0 Å². The molecule has 1 saturated heterocycles. The average molecular weight is 424 g/mol. The Morgan fingerprint density at radius 3 is 2.61 bits per heavy atom. The van der Waals surface area contributed by atoms with Gasteiger partial charge in [0.25, 0.3) is 5.91 Å². The number of methoxy groups -OCH3 is 1. The maximum atomic E-state index is 13.3. The number of carbonyl (C=O) groups excluding carboxylic acids is 1. The van der Waals surface area contributed by atoms with E-state index < -0.39 is 0 Å². The van der Waals surface area contributed by atoms with Crippen LogP contribution >= 0.6 is 0 Å². The zero-order valence-corrected chi connectivity index (χ0v) is 18.1. The molecule has 2 aromatic carbocycles. The molecule has 0 saturated carbocycles. The van der Waals surface area contributed by atoms with Crippen LogP contribution in [0.25, 0.3) is 0 Å². The Morgan fingerprint density at radius 1 is 1.13 bits per heavy atom. The molecule has 0 aromatic heterocycles. The lowest BCUT2D eigenvalue weighted by molar-refractivity contribution is -0.135. The molecule has 1 amide bonds. The van der Waals surface area contributed by atoms with Crippen LogP contribution in [0.4, 0.5) is 0 Å². The molecule has 1 fully saturated rings. The molecule has 4 rings (SSSR count). The smallest absolute Gasteiger partial charge is 0.257 e. The van der Waals surface area contributed by atoms with E-state index in [0.717, 1.165) is 41.4 Å². The first-order valence-electron chi connectivity index (χ1n) is 10.7. The number of amides is 1. The van der Waals surface area contributed by atoms with Crippen molar-refractivity contribution in [2.45, 2.75) is 19.4 Å². The predicted octanol–water partition coefficient (Wildman–Crippen LogP) is 3.10. The Morgan fingerprint density at radius 2 is 1.90 bits per heavy atom. The molecule has 0 radical (unpaired) electrons. The molecule has 7 heteroatoms. The third-order valence-electron chi connectivity index (χ3n) is 5.61. The van der Waals surface area contributed by atoms with E-state index in [1.807, 2.05) is 55.5 Å². The summed E-state index contributed by atoms with van der Waals surface area (Å²) in [5.41, 5.74) is 2.89. The van der Waals surface area contributed by atoms with Gasteiger partial charge >= 0.3 is 0 Å². The van der Waals surface area contributed by atoms with E-state index in [0.29, 0.717) is 32.8 Å². The topological polar surface area (TPSA) is 63.6 Å². The van der Waals surface area contributed by atoms with Crippen LogP contribution < -0.4 is 9.47 Å². The number of hydrogen-bond acceptors (Lipinski definition) is 6. The molecular weight excluding hydrogens is 394 g/mol. The Balaban J connectivity index is 1.59. The van der Waals surface area contributed by atoms with E-state index in [1.54, 1.807) is 12.1 Å². The molecule has 2 aliphatic rings. The monoisotopic (exact) mass is 423 g/mol. The SMILES string of the molecule is CCOc1ccc(C2CC(c3cccc(OC)c3)=NN2C(=O)CN2CCOCC2)cc1. The first-order chi connectivity index (χ1) is 15.2. The van der Waals surface area contributed by atoms with Crippen LogP contribution in [0.2, 0.25) is 0 Å². The van der Waals surface area contributed by atoms with Crippen LogP contribution in [0.3, 0.4) is 0 Å². The van der Waals surface area contributed by atoms with E-state index in [1.165, 1.54) is 0 Å². The summed E-state index contributed by atoms with van der Waals surface area (Å²) < 4.78 is 16.3. The van der Waals surface area contributed by atoms with Crippen molar-refractivity contribution in [2.24, 2.45) is 5.10 Å². The molecule has 0 aliphatic carbocycles. The fraction of sp³-hybridized carbons (Fsp3) is 0.417. The van der Waals surface area contributed by atoms with Crippen LogP contribution in [-0.2, 0) is 9.53 Å². The first kappa shape index (κ1) is 21.3. The van der Waals surface area contributed by atoms with Crippen molar-refractivity contribution in [3.8, 4) is 11.5 Å². The number of carbonyl (C=O) groups is 1. The largest absolute Gasteiger partial charge is 0.497 e. The molecule has 31 heavy (non-hydrogen) atoms. The average Bonchev–Trinajstić information content (AvgIpc) is 3.26. The predicted molar refractivity (Wildman–Crippen MR) is 119 cm³/mol. The Hall–Kier alpha value is -2.90. The van der Waals surface area contributed by atoms with Gasteiger partial charge in [-0.1, -0.05) is 24.3 Å². The molecule has 164 valence electrons. The number of hydrazone groups is 1. The summed E-state index contributed by atoms with van der Waals surface area (Å²) in [7, 11) is 1.65. The second-order valence-corrected chi connectivity index (χ2v) is 7.63. The summed E-state index contributed by atoms with van der Waals surface area (Å²) in [6.07, 6.45) is 0.649.